The highest BCUT2D eigenvalue weighted by molar-refractivity contribution is 5.73. The van der Waals surface area contributed by atoms with Gasteiger partial charge in [0.15, 0.2) is 0 Å². The Bertz CT molecular complexity index is 732. The van der Waals surface area contributed by atoms with Crippen molar-refractivity contribution in [1.29, 1.82) is 0 Å². The fourth-order valence-electron chi connectivity index (χ4n) is 2.94. The lowest BCUT2D eigenvalue weighted by Gasteiger charge is -2.26. The number of hydrogen-bond acceptors (Lipinski definition) is 3. The van der Waals surface area contributed by atoms with Gasteiger partial charge < -0.3 is 15.2 Å². The molecule has 2 aromatic carbocycles. The summed E-state index contributed by atoms with van der Waals surface area (Å²) in [5.41, 5.74) is 7.10. The number of halogens is 1. The number of carbonyl (C=O) groups is 1. The zero-order valence-electron chi connectivity index (χ0n) is 13.3. The van der Waals surface area contributed by atoms with Crippen LogP contribution in [0.15, 0.2) is 42.5 Å². The first-order valence-electron chi connectivity index (χ1n) is 8.04. The monoisotopic (exact) mass is 329 g/mol. The molecule has 0 aromatic heterocycles. The SMILES string of the molecule is NC(=O)CCC1CCOc2cc(OCc3cccc(F)c3)ccc21. The van der Waals surface area contributed by atoms with E-state index in [-0.39, 0.29) is 17.6 Å². The molecule has 1 amide bonds. The third-order valence-electron chi connectivity index (χ3n) is 4.18. The van der Waals surface area contributed by atoms with Gasteiger partial charge in [-0.1, -0.05) is 18.2 Å². The van der Waals surface area contributed by atoms with Gasteiger partial charge >= 0.3 is 0 Å². The Hall–Kier alpha value is -2.56. The van der Waals surface area contributed by atoms with Crippen LogP contribution in [0.1, 0.15) is 36.3 Å². The lowest BCUT2D eigenvalue weighted by Crippen LogP contribution is -2.17. The van der Waals surface area contributed by atoms with Gasteiger partial charge in [-0.2, -0.15) is 0 Å². The summed E-state index contributed by atoms with van der Waals surface area (Å²) in [6.45, 7) is 0.908. The number of carbonyl (C=O) groups excluding carboxylic acids is 1. The van der Waals surface area contributed by atoms with Crippen LogP contribution in [-0.4, -0.2) is 12.5 Å². The first-order valence-corrected chi connectivity index (χ1v) is 8.04. The maximum Gasteiger partial charge on any atom is 0.217 e. The van der Waals surface area contributed by atoms with Gasteiger partial charge in [0.1, 0.15) is 23.9 Å². The maximum atomic E-state index is 13.2. The van der Waals surface area contributed by atoms with Crippen LogP contribution in [0.2, 0.25) is 0 Å². The molecular weight excluding hydrogens is 309 g/mol. The topological polar surface area (TPSA) is 61.6 Å². The Labute approximate surface area is 140 Å². The second-order valence-corrected chi connectivity index (χ2v) is 5.96. The zero-order chi connectivity index (χ0) is 16.9. The van der Waals surface area contributed by atoms with E-state index in [1.54, 1.807) is 6.07 Å². The van der Waals surface area contributed by atoms with Gasteiger partial charge in [-0.3, -0.25) is 4.79 Å². The largest absolute Gasteiger partial charge is 0.493 e. The van der Waals surface area contributed by atoms with Crippen molar-refractivity contribution in [3.8, 4) is 11.5 Å². The normalized spacial score (nSPS) is 16.1. The third kappa shape index (κ3) is 4.04. The molecule has 0 fully saturated rings. The molecule has 126 valence electrons. The Morgan fingerprint density at radius 3 is 2.96 bits per heavy atom. The molecule has 24 heavy (non-hydrogen) atoms. The van der Waals surface area contributed by atoms with Crippen LogP contribution < -0.4 is 15.2 Å². The van der Waals surface area contributed by atoms with Gasteiger partial charge in [-0.25, -0.2) is 4.39 Å². The van der Waals surface area contributed by atoms with Crippen molar-refractivity contribution < 1.29 is 18.7 Å². The van der Waals surface area contributed by atoms with Crippen molar-refractivity contribution in [3.05, 3.63) is 59.4 Å². The molecule has 2 N–H and O–H groups in total. The third-order valence-corrected chi connectivity index (χ3v) is 4.18. The molecule has 1 unspecified atom stereocenters. The van der Waals surface area contributed by atoms with Crippen molar-refractivity contribution in [2.75, 3.05) is 6.61 Å². The summed E-state index contributed by atoms with van der Waals surface area (Å²) in [6, 6.07) is 12.0. The number of benzene rings is 2. The molecule has 0 saturated heterocycles. The summed E-state index contributed by atoms with van der Waals surface area (Å²) in [5.74, 6) is 1.18. The minimum absolute atomic E-state index is 0.276. The predicted octanol–water partition coefficient (Wildman–Crippen LogP) is 3.54. The van der Waals surface area contributed by atoms with Crippen LogP contribution in [0, 0.1) is 5.82 Å². The summed E-state index contributed by atoms with van der Waals surface area (Å²) in [5, 5.41) is 0. The van der Waals surface area contributed by atoms with E-state index in [1.807, 2.05) is 24.3 Å². The van der Waals surface area contributed by atoms with Crippen LogP contribution in [0.5, 0.6) is 11.5 Å². The van der Waals surface area contributed by atoms with Crippen molar-refractivity contribution >= 4 is 5.91 Å². The summed E-state index contributed by atoms with van der Waals surface area (Å²) in [6.07, 6.45) is 1.99. The Morgan fingerprint density at radius 1 is 1.29 bits per heavy atom. The molecule has 1 atom stereocenters. The van der Waals surface area contributed by atoms with E-state index in [0.717, 1.165) is 29.7 Å². The molecule has 0 radical (unpaired) electrons. The molecule has 1 aliphatic heterocycles. The van der Waals surface area contributed by atoms with Crippen molar-refractivity contribution in [2.45, 2.75) is 31.8 Å². The fourth-order valence-corrected chi connectivity index (χ4v) is 2.94. The van der Waals surface area contributed by atoms with Gasteiger partial charge in [0.2, 0.25) is 5.91 Å². The first kappa shape index (κ1) is 16.3. The summed E-state index contributed by atoms with van der Waals surface area (Å²) >= 11 is 0. The molecular formula is C19H20FNO3. The quantitative estimate of drug-likeness (QED) is 0.882. The first-order chi connectivity index (χ1) is 11.6. The van der Waals surface area contributed by atoms with Crippen molar-refractivity contribution in [1.82, 2.24) is 0 Å². The number of hydrogen-bond donors (Lipinski definition) is 1. The number of rotatable bonds is 6. The standard InChI is InChI=1S/C19H20FNO3/c20-15-3-1-2-13(10-15)12-24-16-5-6-17-14(4-7-19(21)22)8-9-23-18(17)11-16/h1-3,5-6,10-11,14H,4,7-9,12H2,(H2,21,22). The molecule has 4 nitrogen and oxygen atoms in total. The lowest BCUT2D eigenvalue weighted by molar-refractivity contribution is -0.118. The van der Waals surface area contributed by atoms with E-state index in [2.05, 4.69) is 0 Å². The second kappa shape index (κ2) is 7.34. The van der Waals surface area contributed by atoms with E-state index in [0.29, 0.717) is 25.4 Å². The van der Waals surface area contributed by atoms with Crippen LogP contribution in [-0.2, 0) is 11.4 Å². The summed E-state index contributed by atoms with van der Waals surface area (Å²) in [7, 11) is 0. The van der Waals surface area contributed by atoms with E-state index >= 15 is 0 Å². The van der Waals surface area contributed by atoms with Gasteiger partial charge in [-0.05, 0) is 48.1 Å². The molecule has 2 aromatic rings. The number of fused-ring (bicyclic) bond motifs is 1. The Kier molecular flexibility index (Phi) is 4.99. The van der Waals surface area contributed by atoms with Gasteiger partial charge in [0, 0.05) is 12.5 Å². The zero-order valence-corrected chi connectivity index (χ0v) is 13.3. The molecule has 0 aliphatic carbocycles. The molecule has 1 heterocycles. The van der Waals surface area contributed by atoms with Gasteiger partial charge in [0.25, 0.3) is 0 Å². The average molecular weight is 329 g/mol. The highest BCUT2D eigenvalue weighted by Crippen LogP contribution is 2.38. The van der Waals surface area contributed by atoms with Gasteiger partial charge in [-0.15, -0.1) is 0 Å². The number of nitrogens with two attached hydrogens (primary N) is 1. The molecule has 0 bridgehead atoms. The Balaban J connectivity index is 1.68. The van der Waals surface area contributed by atoms with Crippen LogP contribution in [0.4, 0.5) is 4.39 Å². The predicted molar refractivity (Wildman–Crippen MR) is 88.5 cm³/mol. The van der Waals surface area contributed by atoms with Crippen LogP contribution in [0.25, 0.3) is 0 Å². The van der Waals surface area contributed by atoms with Crippen molar-refractivity contribution in [3.63, 3.8) is 0 Å². The molecule has 3 rings (SSSR count). The van der Waals surface area contributed by atoms with Crippen LogP contribution in [0.3, 0.4) is 0 Å². The lowest BCUT2D eigenvalue weighted by atomic mass is 9.89. The van der Waals surface area contributed by atoms with E-state index < -0.39 is 0 Å². The van der Waals surface area contributed by atoms with Gasteiger partial charge in [0.05, 0.1) is 6.61 Å². The highest BCUT2D eigenvalue weighted by Gasteiger charge is 2.22. The van der Waals surface area contributed by atoms with E-state index in [9.17, 15) is 9.18 Å². The fraction of sp³-hybridized carbons (Fsp3) is 0.316. The van der Waals surface area contributed by atoms with Crippen molar-refractivity contribution in [2.24, 2.45) is 5.73 Å². The molecule has 0 saturated carbocycles. The van der Waals surface area contributed by atoms with E-state index in [1.165, 1.54) is 12.1 Å². The minimum Gasteiger partial charge on any atom is -0.493 e. The number of ether oxygens (including phenoxy) is 2. The summed E-state index contributed by atoms with van der Waals surface area (Å²) in [4.78, 5) is 11.0. The molecule has 1 aliphatic rings. The Morgan fingerprint density at radius 2 is 2.17 bits per heavy atom. The maximum absolute atomic E-state index is 13.2. The average Bonchev–Trinajstić information content (AvgIpc) is 2.58. The second-order valence-electron chi connectivity index (χ2n) is 5.96. The minimum atomic E-state index is -0.280. The van der Waals surface area contributed by atoms with Crippen LogP contribution >= 0.6 is 0 Å². The molecule has 0 spiro atoms. The number of amides is 1. The van der Waals surface area contributed by atoms with E-state index in [4.69, 9.17) is 15.2 Å². The smallest absolute Gasteiger partial charge is 0.217 e. The highest BCUT2D eigenvalue weighted by atomic mass is 19.1. The summed E-state index contributed by atoms with van der Waals surface area (Å²) < 4.78 is 24.6. The number of primary amides is 1. The molecule has 5 heteroatoms.